The Morgan fingerprint density at radius 1 is 1.29 bits per heavy atom. The van der Waals surface area contributed by atoms with E-state index >= 15 is 0 Å². The minimum Gasteiger partial charge on any atom is -0.358 e. The van der Waals surface area contributed by atoms with E-state index in [1.807, 2.05) is 18.2 Å². The van der Waals surface area contributed by atoms with Gasteiger partial charge < -0.3 is 10.6 Å². The van der Waals surface area contributed by atoms with Crippen LogP contribution in [0.25, 0.3) is 0 Å². The summed E-state index contributed by atoms with van der Waals surface area (Å²) >= 11 is 5.32. The van der Waals surface area contributed by atoms with Crippen LogP contribution in [0.1, 0.15) is 45.7 Å². The highest BCUT2D eigenvalue weighted by Crippen LogP contribution is 2.12. The lowest BCUT2D eigenvalue weighted by Crippen LogP contribution is -2.48. The molecule has 0 aliphatic carbocycles. The number of nitrogens with one attached hydrogen (secondary N) is 2. The van der Waals surface area contributed by atoms with Gasteiger partial charge in [-0.25, -0.2) is 0 Å². The first-order valence-corrected chi connectivity index (χ1v) is 6.49. The van der Waals surface area contributed by atoms with Crippen molar-refractivity contribution in [1.82, 2.24) is 10.6 Å². The van der Waals surface area contributed by atoms with Gasteiger partial charge in [0.25, 0.3) is 0 Å². The van der Waals surface area contributed by atoms with Gasteiger partial charge in [-0.2, -0.15) is 0 Å². The Kier molecular flexibility index (Phi) is 4.94. The molecule has 94 valence electrons. The summed E-state index contributed by atoms with van der Waals surface area (Å²) in [6.07, 6.45) is 1.04. The molecule has 17 heavy (non-hydrogen) atoms. The van der Waals surface area contributed by atoms with E-state index in [1.54, 1.807) is 0 Å². The summed E-state index contributed by atoms with van der Waals surface area (Å²) in [5, 5.41) is 7.35. The lowest BCUT2D eigenvalue weighted by atomic mass is 10.0. The van der Waals surface area contributed by atoms with Gasteiger partial charge in [0, 0.05) is 5.54 Å². The molecular formula is C14H22N2S. The normalized spacial score (nSPS) is 12.9. The second-order valence-electron chi connectivity index (χ2n) is 4.97. The van der Waals surface area contributed by atoms with Crippen LogP contribution in [0.2, 0.25) is 0 Å². The molecule has 0 aliphatic heterocycles. The molecule has 1 rings (SSSR count). The summed E-state index contributed by atoms with van der Waals surface area (Å²) < 4.78 is 0. The number of rotatable bonds is 4. The summed E-state index contributed by atoms with van der Waals surface area (Å²) in [4.78, 5) is 0. The Morgan fingerprint density at radius 2 is 1.88 bits per heavy atom. The van der Waals surface area contributed by atoms with E-state index in [0.717, 1.165) is 6.42 Å². The molecule has 3 heteroatoms. The van der Waals surface area contributed by atoms with E-state index in [0.29, 0.717) is 5.11 Å². The van der Waals surface area contributed by atoms with Gasteiger partial charge in [-0.1, -0.05) is 37.3 Å². The second-order valence-corrected chi connectivity index (χ2v) is 5.38. The Labute approximate surface area is 110 Å². The van der Waals surface area contributed by atoms with Crippen molar-refractivity contribution in [2.24, 2.45) is 0 Å². The quantitative estimate of drug-likeness (QED) is 0.801. The van der Waals surface area contributed by atoms with Crippen LogP contribution in [-0.4, -0.2) is 10.7 Å². The van der Waals surface area contributed by atoms with E-state index in [9.17, 15) is 0 Å². The van der Waals surface area contributed by atoms with Crippen LogP contribution in [-0.2, 0) is 0 Å². The Balaban J connectivity index is 2.52. The van der Waals surface area contributed by atoms with E-state index < -0.39 is 0 Å². The van der Waals surface area contributed by atoms with E-state index in [1.165, 1.54) is 5.56 Å². The fourth-order valence-corrected chi connectivity index (χ4v) is 1.91. The molecule has 1 aromatic rings. The fraction of sp³-hybridized carbons (Fsp3) is 0.500. The molecule has 1 aromatic carbocycles. The molecule has 1 unspecified atom stereocenters. The Morgan fingerprint density at radius 3 is 2.41 bits per heavy atom. The molecule has 1 atom stereocenters. The molecule has 0 aliphatic rings. The van der Waals surface area contributed by atoms with Gasteiger partial charge >= 0.3 is 0 Å². The average molecular weight is 250 g/mol. The molecular weight excluding hydrogens is 228 g/mol. The summed E-state index contributed by atoms with van der Waals surface area (Å²) in [7, 11) is 0. The van der Waals surface area contributed by atoms with E-state index in [-0.39, 0.29) is 11.6 Å². The monoisotopic (exact) mass is 250 g/mol. The Hall–Kier alpha value is -1.09. The van der Waals surface area contributed by atoms with E-state index in [2.05, 4.69) is 50.5 Å². The molecule has 0 aromatic heterocycles. The van der Waals surface area contributed by atoms with Crippen LogP contribution < -0.4 is 10.6 Å². The number of benzene rings is 1. The molecule has 0 bridgehead atoms. The molecule has 0 spiro atoms. The first-order valence-electron chi connectivity index (χ1n) is 6.08. The van der Waals surface area contributed by atoms with Gasteiger partial charge in [-0.3, -0.25) is 0 Å². The highest BCUT2D eigenvalue weighted by molar-refractivity contribution is 7.80. The zero-order valence-electron chi connectivity index (χ0n) is 11.1. The average Bonchev–Trinajstić information content (AvgIpc) is 2.29. The maximum absolute atomic E-state index is 5.32. The van der Waals surface area contributed by atoms with Crippen molar-refractivity contribution in [1.29, 1.82) is 0 Å². The summed E-state index contributed by atoms with van der Waals surface area (Å²) in [6.45, 7) is 8.56. The molecule has 2 nitrogen and oxygen atoms in total. The second kappa shape index (κ2) is 6.01. The third-order valence-corrected chi connectivity index (χ3v) is 3.20. The zero-order valence-corrected chi connectivity index (χ0v) is 11.9. The maximum atomic E-state index is 5.32. The van der Waals surface area contributed by atoms with Gasteiger partial charge in [0.15, 0.2) is 5.11 Å². The first kappa shape index (κ1) is 14.0. The molecule has 0 amide bonds. The minimum absolute atomic E-state index is 0.0422. The molecule has 0 fully saturated rings. The Bertz CT molecular complexity index is 360. The minimum atomic E-state index is 0.0422. The van der Waals surface area contributed by atoms with Gasteiger partial charge in [0.1, 0.15) is 0 Å². The number of hydrogen-bond acceptors (Lipinski definition) is 1. The van der Waals surface area contributed by atoms with Crippen molar-refractivity contribution in [2.45, 2.75) is 45.7 Å². The molecule has 0 saturated heterocycles. The van der Waals surface area contributed by atoms with Crippen molar-refractivity contribution in [2.75, 3.05) is 0 Å². The van der Waals surface area contributed by atoms with Crippen molar-refractivity contribution in [3.63, 3.8) is 0 Å². The predicted octanol–water partition coefficient (Wildman–Crippen LogP) is 3.40. The van der Waals surface area contributed by atoms with Gasteiger partial charge in [0.05, 0.1) is 6.04 Å². The van der Waals surface area contributed by atoms with Gasteiger partial charge in [0.2, 0.25) is 0 Å². The van der Waals surface area contributed by atoms with Crippen molar-refractivity contribution in [3.05, 3.63) is 35.9 Å². The zero-order chi connectivity index (χ0) is 12.9. The molecule has 0 saturated carbocycles. The van der Waals surface area contributed by atoms with Crippen molar-refractivity contribution < 1.29 is 0 Å². The maximum Gasteiger partial charge on any atom is 0.167 e. The van der Waals surface area contributed by atoms with Crippen LogP contribution in [0.3, 0.4) is 0 Å². The topological polar surface area (TPSA) is 24.1 Å². The smallest absolute Gasteiger partial charge is 0.167 e. The third kappa shape index (κ3) is 4.73. The lowest BCUT2D eigenvalue weighted by Gasteiger charge is -2.28. The van der Waals surface area contributed by atoms with Crippen LogP contribution >= 0.6 is 12.2 Å². The predicted molar refractivity (Wildman–Crippen MR) is 78.1 cm³/mol. The summed E-state index contributed by atoms with van der Waals surface area (Å²) in [5.41, 5.74) is 1.28. The first-order chi connectivity index (χ1) is 7.94. The van der Waals surface area contributed by atoms with Gasteiger partial charge in [-0.05, 0) is 45.0 Å². The van der Waals surface area contributed by atoms with Crippen LogP contribution in [0.5, 0.6) is 0 Å². The molecule has 0 heterocycles. The van der Waals surface area contributed by atoms with E-state index in [4.69, 9.17) is 12.2 Å². The van der Waals surface area contributed by atoms with Crippen molar-refractivity contribution >= 4 is 17.3 Å². The third-order valence-electron chi connectivity index (χ3n) is 2.98. The van der Waals surface area contributed by atoms with Crippen molar-refractivity contribution in [3.8, 4) is 0 Å². The standard InChI is InChI=1S/C14H22N2S/c1-5-14(3,4)16-13(17)15-11(2)12-9-7-6-8-10-12/h6-11H,5H2,1-4H3,(H2,15,16,17). The fourth-order valence-electron chi connectivity index (χ4n) is 1.45. The van der Waals surface area contributed by atoms with Crippen LogP contribution in [0.15, 0.2) is 30.3 Å². The summed E-state index contributed by atoms with van der Waals surface area (Å²) in [6, 6.07) is 10.5. The highest BCUT2D eigenvalue weighted by atomic mass is 32.1. The molecule has 2 N–H and O–H groups in total. The lowest BCUT2D eigenvalue weighted by molar-refractivity contribution is 0.439. The van der Waals surface area contributed by atoms with Crippen LogP contribution in [0.4, 0.5) is 0 Å². The molecule has 0 radical (unpaired) electrons. The highest BCUT2D eigenvalue weighted by Gasteiger charge is 2.16. The SMILES string of the molecule is CCC(C)(C)NC(=S)NC(C)c1ccccc1. The largest absolute Gasteiger partial charge is 0.358 e. The van der Waals surface area contributed by atoms with Crippen LogP contribution in [0, 0.1) is 0 Å². The van der Waals surface area contributed by atoms with Gasteiger partial charge in [-0.15, -0.1) is 0 Å². The number of thiocarbonyl (C=S) groups is 1. The number of hydrogen-bond donors (Lipinski definition) is 2. The summed E-state index contributed by atoms with van der Waals surface area (Å²) in [5.74, 6) is 0.